The zero-order chi connectivity index (χ0) is 16.0. The second kappa shape index (κ2) is 7.38. The van der Waals surface area contributed by atoms with Crippen LogP contribution in [0.1, 0.15) is 11.1 Å². The molecular formula is C11H9Cl3N4O3. The number of amides is 1. The molecule has 0 unspecified atom stereocenters. The van der Waals surface area contributed by atoms with E-state index < -0.39 is 16.1 Å². The number of hydrogen-bond acceptors (Lipinski definition) is 3. The average molecular weight is 352 g/mol. The van der Waals surface area contributed by atoms with Gasteiger partial charge in [-0.1, -0.05) is 18.2 Å². The summed E-state index contributed by atoms with van der Waals surface area (Å²) in [5, 5.41) is 3.15. The van der Waals surface area contributed by atoms with Crippen LogP contribution in [0.3, 0.4) is 0 Å². The first kappa shape index (κ1) is 17.4. The minimum absolute atomic E-state index is 0.394. The van der Waals surface area contributed by atoms with E-state index in [-0.39, 0.29) is 0 Å². The topological polar surface area (TPSA) is 96.6 Å². The summed E-state index contributed by atoms with van der Waals surface area (Å²) in [6, 6.07) is 4.79. The summed E-state index contributed by atoms with van der Waals surface area (Å²) in [6.07, 6.45) is -1.27. The number of para-hydroxylation sites is 1. The van der Waals surface area contributed by atoms with Gasteiger partial charge in [-0.2, -0.15) is 0 Å². The second-order valence-corrected chi connectivity index (χ2v) is 5.90. The first-order valence-electron chi connectivity index (χ1n) is 5.40. The monoisotopic (exact) mass is 350 g/mol. The standard InChI is InChI=1S/C11H9Cl3N4O3/c1-6-4-3-5-7(2)8(6)20-9(17-18-15)16-10(19)21-11(12,13)14/h3-5H,1-2H3/b16-9+. The van der Waals surface area contributed by atoms with Gasteiger partial charge in [0.2, 0.25) is 0 Å². The number of rotatable bonds is 1. The van der Waals surface area contributed by atoms with Crippen LogP contribution < -0.4 is 4.74 Å². The van der Waals surface area contributed by atoms with Gasteiger partial charge in [0.05, 0.1) is 0 Å². The normalized spacial score (nSPS) is 11.6. The van der Waals surface area contributed by atoms with Crippen LogP contribution in [0.15, 0.2) is 28.3 Å². The van der Waals surface area contributed by atoms with Crippen molar-refractivity contribution >= 4 is 46.9 Å². The summed E-state index contributed by atoms with van der Waals surface area (Å²) in [4.78, 5) is 17.2. The third-order valence-electron chi connectivity index (χ3n) is 2.12. The fourth-order valence-electron chi connectivity index (χ4n) is 1.36. The maximum atomic E-state index is 11.4. The highest BCUT2D eigenvalue weighted by atomic mass is 35.6. The van der Waals surface area contributed by atoms with E-state index in [4.69, 9.17) is 45.1 Å². The van der Waals surface area contributed by atoms with Gasteiger partial charge in [-0.05, 0) is 70.4 Å². The van der Waals surface area contributed by atoms with Gasteiger partial charge in [-0.3, -0.25) is 0 Å². The van der Waals surface area contributed by atoms with E-state index in [0.29, 0.717) is 5.75 Å². The number of benzene rings is 1. The van der Waals surface area contributed by atoms with E-state index in [1.54, 1.807) is 26.0 Å². The average Bonchev–Trinajstić information content (AvgIpc) is 2.31. The van der Waals surface area contributed by atoms with E-state index in [2.05, 4.69) is 19.8 Å². The van der Waals surface area contributed by atoms with Crippen molar-refractivity contribution in [3.63, 3.8) is 0 Å². The first-order valence-corrected chi connectivity index (χ1v) is 6.54. The minimum Gasteiger partial charge on any atom is -0.436 e. The number of amidine groups is 1. The van der Waals surface area contributed by atoms with Crippen molar-refractivity contribution in [2.45, 2.75) is 17.8 Å². The van der Waals surface area contributed by atoms with Crippen molar-refractivity contribution in [3.8, 4) is 5.75 Å². The smallest absolute Gasteiger partial charge is 0.436 e. The Labute approximate surface area is 135 Å². The molecule has 0 saturated heterocycles. The van der Waals surface area contributed by atoms with Gasteiger partial charge in [0.15, 0.2) is 0 Å². The number of halogens is 3. The lowest BCUT2D eigenvalue weighted by molar-refractivity contribution is 0.155. The zero-order valence-corrected chi connectivity index (χ0v) is 13.1. The predicted octanol–water partition coefficient (Wildman–Crippen LogP) is 4.81. The van der Waals surface area contributed by atoms with Crippen LogP contribution in [0.2, 0.25) is 0 Å². The van der Waals surface area contributed by atoms with Crippen LogP contribution in [0.5, 0.6) is 5.75 Å². The zero-order valence-electron chi connectivity index (χ0n) is 10.9. The molecule has 1 amide bonds. The second-order valence-electron chi connectivity index (χ2n) is 3.72. The predicted molar refractivity (Wildman–Crippen MR) is 79.9 cm³/mol. The van der Waals surface area contributed by atoms with Crippen LogP contribution in [-0.4, -0.2) is 16.1 Å². The molecule has 0 fully saturated rings. The van der Waals surface area contributed by atoms with E-state index in [9.17, 15) is 4.79 Å². The van der Waals surface area contributed by atoms with Crippen LogP contribution in [-0.2, 0) is 4.74 Å². The van der Waals surface area contributed by atoms with Crippen LogP contribution >= 0.6 is 34.8 Å². The molecule has 0 saturated carbocycles. The molecule has 7 nitrogen and oxygen atoms in total. The fourth-order valence-corrected chi connectivity index (χ4v) is 1.55. The van der Waals surface area contributed by atoms with Gasteiger partial charge < -0.3 is 9.47 Å². The molecule has 0 aliphatic rings. The fraction of sp³-hybridized carbons (Fsp3) is 0.273. The highest BCUT2D eigenvalue weighted by Gasteiger charge is 2.25. The molecule has 1 aromatic carbocycles. The van der Waals surface area contributed by atoms with E-state index >= 15 is 0 Å². The van der Waals surface area contributed by atoms with Gasteiger partial charge in [0.1, 0.15) is 5.75 Å². The molecule has 0 atom stereocenters. The number of hydrogen-bond donors (Lipinski definition) is 0. The molecule has 1 rings (SSSR count). The molecule has 0 spiro atoms. The van der Waals surface area contributed by atoms with Gasteiger partial charge in [0, 0.05) is 4.91 Å². The molecule has 0 heterocycles. The number of alkyl halides is 3. The summed E-state index contributed by atoms with van der Waals surface area (Å²) in [6.45, 7) is 3.55. The number of carbonyl (C=O) groups excluding carboxylic acids is 1. The summed E-state index contributed by atoms with van der Waals surface area (Å²) < 4.78 is 7.34. The molecule has 0 aliphatic carbocycles. The van der Waals surface area contributed by atoms with Gasteiger partial charge in [0.25, 0.3) is 6.02 Å². The lowest BCUT2D eigenvalue weighted by Crippen LogP contribution is -2.16. The first-order chi connectivity index (χ1) is 9.73. The maximum Gasteiger partial charge on any atom is 0.440 e. The van der Waals surface area contributed by atoms with Crippen molar-refractivity contribution in [1.29, 1.82) is 0 Å². The lowest BCUT2D eigenvalue weighted by Gasteiger charge is -2.11. The summed E-state index contributed by atoms with van der Waals surface area (Å²) >= 11 is 15.8. The summed E-state index contributed by atoms with van der Waals surface area (Å²) in [5.74, 6) is 0.394. The Morgan fingerprint density at radius 3 is 2.33 bits per heavy atom. The third kappa shape index (κ3) is 6.10. The third-order valence-corrected chi connectivity index (χ3v) is 2.35. The Morgan fingerprint density at radius 2 is 1.86 bits per heavy atom. The Bertz CT molecular complexity index is 601. The molecule has 0 N–H and O–H groups in total. The maximum absolute atomic E-state index is 11.4. The Hall–Kier alpha value is -1.66. The highest BCUT2D eigenvalue weighted by Crippen LogP contribution is 2.28. The molecule has 0 aromatic heterocycles. The van der Waals surface area contributed by atoms with Gasteiger partial charge >= 0.3 is 10.1 Å². The lowest BCUT2D eigenvalue weighted by atomic mass is 10.1. The van der Waals surface area contributed by atoms with Crippen molar-refractivity contribution in [3.05, 3.63) is 39.8 Å². The summed E-state index contributed by atoms with van der Waals surface area (Å²) in [5.41, 5.74) is 9.98. The van der Waals surface area contributed by atoms with Gasteiger partial charge in [-0.25, -0.2) is 4.79 Å². The Kier molecular flexibility index (Phi) is 6.11. The molecule has 10 heteroatoms. The highest BCUT2D eigenvalue weighted by molar-refractivity contribution is 6.66. The number of nitrogens with zero attached hydrogens (tertiary/aromatic N) is 4. The minimum atomic E-state index is -2.28. The summed E-state index contributed by atoms with van der Waals surface area (Å²) in [7, 11) is 0. The van der Waals surface area contributed by atoms with E-state index in [0.717, 1.165) is 11.1 Å². The van der Waals surface area contributed by atoms with Crippen LogP contribution in [0, 0.1) is 13.8 Å². The Balaban J connectivity index is 3.03. The molecule has 1 aromatic rings. The largest absolute Gasteiger partial charge is 0.440 e. The number of azide groups is 1. The van der Waals surface area contributed by atoms with Crippen molar-refractivity contribution in [2.75, 3.05) is 0 Å². The molecule has 0 bridgehead atoms. The Morgan fingerprint density at radius 1 is 1.29 bits per heavy atom. The van der Waals surface area contributed by atoms with Crippen LogP contribution in [0.4, 0.5) is 4.79 Å². The van der Waals surface area contributed by atoms with Crippen molar-refractivity contribution < 1.29 is 14.3 Å². The molecule has 112 valence electrons. The van der Waals surface area contributed by atoms with Crippen molar-refractivity contribution in [1.82, 2.24) is 0 Å². The van der Waals surface area contributed by atoms with E-state index in [1.807, 2.05) is 6.07 Å². The van der Waals surface area contributed by atoms with Crippen molar-refractivity contribution in [2.24, 2.45) is 10.1 Å². The van der Waals surface area contributed by atoms with Gasteiger partial charge in [-0.15, -0.1) is 4.99 Å². The number of aliphatic imine (C=N–C) groups is 1. The molecular weight excluding hydrogens is 343 g/mol. The molecule has 21 heavy (non-hydrogen) atoms. The molecule has 0 aliphatic heterocycles. The van der Waals surface area contributed by atoms with E-state index in [1.165, 1.54) is 0 Å². The number of ether oxygens (including phenoxy) is 2. The quantitative estimate of drug-likeness (QED) is 0.181. The van der Waals surface area contributed by atoms with Crippen LogP contribution in [0.25, 0.3) is 10.4 Å². The SMILES string of the molecule is Cc1cccc(C)c1O/C(N=[N+]=[N-])=N/C(=O)OC(Cl)(Cl)Cl. The number of carbonyl (C=O) groups is 1. The molecule has 0 radical (unpaired) electrons. The number of aryl methyl sites for hydroxylation is 2.